The lowest BCUT2D eigenvalue weighted by Crippen LogP contribution is -1.97. The lowest BCUT2D eigenvalue weighted by molar-refractivity contribution is -0.136. The molecule has 0 heterocycles. The van der Waals surface area contributed by atoms with Gasteiger partial charge in [0.2, 0.25) is 0 Å². The highest BCUT2D eigenvalue weighted by atomic mass is 35.5. The molecule has 2 nitrogen and oxygen atoms in total. The van der Waals surface area contributed by atoms with E-state index in [1.165, 1.54) is 0 Å². The number of hydrogen-bond donors (Lipinski definition) is 1. The van der Waals surface area contributed by atoms with Crippen LogP contribution in [0.3, 0.4) is 0 Å². The summed E-state index contributed by atoms with van der Waals surface area (Å²) in [5.41, 5.74) is 2.09. The second-order valence-corrected chi connectivity index (χ2v) is 3.50. The molecule has 0 atom stereocenters. The van der Waals surface area contributed by atoms with Crippen LogP contribution in [0, 0.1) is 0 Å². The van der Waals surface area contributed by atoms with Crippen LogP contribution < -0.4 is 0 Å². The molecule has 3 heteroatoms. The van der Waals surface area contributed by atoms with E-state index in [9.17, 15) is 4.79 Å². The molecule has 0 aliphatic carbocycles. The second-order valence-electron chi connectivity index (χ2n) is 3.20. The van der Waals surface area contributed by atoms with Crippen LogP contribution in [-0.2, 0) is 11.2 Å². The lowest BCUT2D eigenvalue weighted by atomic mass is 10.1. The van der Waals surface area contributed by atoms with E-state index in [-0.39, 0.29) is 6.42 Å². The van der Waals surface area contributed by atoms with Crippen molar-refractivity contribution in [1.29, 1.82) is 0 Å². The zero-order valence-corrected chi connectivity index (χ0v) is 9.07. The Morgan fingerprint density at radius 1 is 1.47 bits per heavy atom. The van der Waals surface area contributed by atoms with Gasteiger partial charge in [0.05, 0.1) is 0 Å². The normalized spacial score (nSPS) is 10.7. The van der Waals surface area contributed by atoms with Gasteiger partial charge in [0.25, 0.3) is 0 Å². The molecule has 0 aliphatic rings. The molecule has 0 aliphatic heterocycles. The fourth-order valence-electron chi connectivity index (χ4n) is 1.28. The van der Waals surface area contributed by atoms with Crippen molar-refractivity contribution >= 4 is 23.6 Å². The van der Waals surface area contributed by atoms with Gasteiger partial charge in [0, 0.05) is 12.3 Å². The lowest BCUT2D eigenvalue weighted by Gasteiger charge is -2.00. The minimum absolute atomic E-state index is 0.169. The molecule has 0 fully saturated rings. The van der Waals surface area contributed by atoms with Crippen LogP contribution in [0.1, 0.15) is 17.5 Å². The van der Waals surface area contributed by atoms with Crippen molar-refractivity contribution in [3.05, 3.63) is 41.5 Å². The monoisotopic (exact) mass is 224 g/mol. The molecule has 1 rings (SSSR count). The van der Waals surface area contributed by atoms with E-state index in [0.29, 0.717) is 12.3 Å². The molecule has 80 valence electrons. The summed E-state index contributed by atoms with van der Waals surface area (Å²) in [6, 6.07) is 7.80. The standard InChI is InChI=1S/C12H13ClO2/c13-8-2-5-10-3-1-4-11(9-10)6-7-12(14)15/h1-5,9H,6-8H2,(H,14,15). The maximum absolute atomic E-state index is 10.4. The van der Waals surface area contributed by atoms with Crippen LogP contribution >= 0.6 is 11.6 Å². The van der Waals surface area contributed by atoms with Crippen LogP contribution in [-0.4, -0.2) is 17.0 Å². The maximum atomic E-state index is 10.4. The molecular formula is C12H13ClO2. The summed E-state index contributed by atoms with van der Waals surface area (Å²) in [7, 11) is 0. The smallest absolute Gasteiger partial charge is 0.303 e. The highest BCUT2D eigenvalue weighted by Gasteiger charge is 1.98. The Bertz CT molecular complexity index is 358. The zero-order valence-electron chi connectivity index (χ0n) is 8.32. The van der Waals surface area contributed by atoms with Crippen molar-refractivity contribution in [2.75, 3.05) is 5.88 Å². The van der Waals surface area contributed by atoms with Gasteiger partial charge >= 0.3 is 5.97 Å². The number of alkyl halides is 1. The molecule has 0 spiro atoms. The Morgan fingerprint density at radius 3 is 2.93 bits per heavy atom. The molecule has 0 aromatic heterocycles. The summed E-state index contributed by atoms with van der Waals surface area (Å²) in [4.78, 5) is 10.4. The van der Waals surface area contributed by atoms with E-state index in [0.717, 1.165) is 11.1 Å². The zero-order chi connectivity index (χ0) is 11.1. The highest BCUT2D eigenvalue weighted by Crippen LogP contribution is 2.09. The number of halogens is 1. The Morgan fingerprint density at radius 2 is 2.27 bits per heavy atom. The summed E-state index contributed by atoms with van der Waals surface area (Å²) in [6.45, 7) is 0. The van der Waals surface area contributed by atoms with Gasteiger partial charge in [-0.15, -0.1) is 11.6 Å². The first kappa shape index (κ1) is 11.8. The van der Waals surface area contributed by atoms with Crippen molar-refractivity contribution in [1.82, 2.24) is 0 Å². The number of aliphatic carboxylic acids is 1. The fourth-order valence-corrected chi connectivity index (χ4v) is 1.37. The SMILES string of the molecule is O=C(O)CCc1cccc(C=CCCl)c1. The summed E-state index contributed by atoms with van der Waals surface area (Å²) in [5.74, 6) is -0.281. The van der Waals surface area contributed by atoms with Gasteiger partial charge in [-0.05, 0) is 17.5 Å². The van der Waals surface area contributed by atoms with Gasteiger partial charge in [-0.3, -0.25) is 4.79 Å². The first-order valence-electron chi connectivity index (χ1n) is 4.75. The number of carboxylic acid groups (broad SMARTS) is 1. The first-order valence-corrected chi connectivity index (χ1v) is 5.29. The number of benzene rings is 1. The van der Waals surface area contributed by atoms with Gasteiger partial charge < -0.3 is 5.11 Å². The van der Waals surface area contributed by atoms with Gasteiger partial charge in [0.1, 0.15) is 0 Å². The molecule has 0 amide bonds. The average molecular weight is 225 g/mol. The number of rotatable bonds is 5. The Labute approximate surface area is 94.2 Å². The van der Waals surface area contributed by atoms with E-state index >= 15 is 0 Å². The summed E-state index contributed by atoms with van der Waals surface area (Å²) in [5, 5.41) is 8.55. The van der Waals surface area contributed by atoms with E-state index < -0.39 is 5.97 Å². The third kappa shape index (κ3) is 4.66. The van der Waals surface area contributed by atoms with Crippen molar-refractivity contribution in [2.24, 2.45) is 0 Å². The largest absolute Gasteiger partial charge is 0.481 e. The number of carboxylic acids is 1. The third-order valence-corrected chi connectivity index (χ3v) is 2.16. The van der Waals surface area contributed by atoms with E-state index in [1.54, 1.807) is 0 Å². The van der Waals surface area contributed by atoms with Crippen LogP contribution in [0.25, 0.3) is 6.08 Å². The molecule has 1 N–H and O–H groups in total. The van der Waals surface area contributed by atoms with Gasteiger partial charge in [-0.2, -0.15) is 0 Å². The van der Waals surface area contributed by atoms with Crippen LogP contribution in [0.5, 0.6) is 0 Å². The number of allylic oxidation sites excluding steroid dienone is 1. The number of carbonyl (C=O) groups is 1. The predicted octanol–water partition coefficient (Wildman–Crippen LogP) is 2.96. The molecule has 0 radical (unpaired) electrons. The molecule has 0 bridgehead atoms. The summed E-state index contributed by atoms with van der Waals surface area (Å²) >= 11 is 5.53. The van der Waals surface area contributed by atoms with Crippen molar-refractivity contribution < 1.29 is 9.90 Å². The topological polar surface area (TPSA) is 37.3 Å². The van der Waals surface area contributed by atoms with Gasteiger partial charge in [-0.25, -0.2) is 0 Å². The number of aryl methyl sites for hydroxylation is 1. The fraction of sp³-hybridized carbons (Fsp3) is 0.250. The predicted molar refractivity (Wildman–Crippen MR) is 62.2 cm³/mol. The van der Waals surface area contributed by atoms with Crippen LogP contribution in [0.2, 0.25) is 0 Å². The van der Waals surface area contributed by atoms with E-state index in [2.05, 4.69) is 0 Å². The van der Waals surface area contributed by atoms with Gasteiger partial charge in [-0.1, -0.05) is 36.4 Å². The quantitative estimate of drug-likeness (QED) is 0.781. The van der Waals surface area contributed by atoms with Crippen molar-refractivity contribution in [2.45, 2.75) is 12.8 Å². The molecule has 1 aromatic carbocycles. The second kappa shape index (κ2) is 6.25. The number of hydrogen-bond acceptors (Lipinski definition) is 1. The van der Waals surface area contributed by atoms with Crippen molar-refractivity contribution in [3.63, 3.8) is 0 Å². The first-order chi connectivity index (χ1) is 7.22. The summed E-state index contributed by atoms with van der Waals surface area (Å²) < 4.78 is 0. The minimum Gasteiger partial charge on any atom is -0.481 e. The third-order valence-electron chi connectivity index (χ3n) is 1.98. The maximum Gasteiger partial charge on any atom is 0.303 e. The van der Waals surface area contributed by atoms with Crippen LogP contribution in [0.4, 0.5) is 0 Å². The molecular weight excluding hydrogens is 212 g/mol. The van der Waals surface area contributed by atoms with Crippen LogP contribution in [0.15, 0.2) is 30.3 Å². The van der Waals surface area contributed by atoms with E-state index in [4.69, 9.17) is 16.7 Å². The Balaban J connectivity index is 2.65. The molecule has 0 unspecified atom stereocenters. The van der Waals surface area contributed by atoms with Crippen molar-refractivity contribution in [3.8, 4) is 0 Å². The van der Waals surface area contributed by atoms with Gasteiger partial charge in [0.15, 0.2) is 0 Å². The Kier molecular flexibility index (Phi) is 4.91. The minimum atomic E-state index is -0.767. The summed E-state index contributed by atoms with van der Waals surface area (Å²) in [6.07, 6.45) is 4.52. The highest BCUT2D eigenvalue weighted by molar-refractivity contribution is 6.19. The van der Waals surface area contributed by atoms with E-state index in [1.807, 2.05) is 36.4 Å². The molecule has 15 heavy (non-hydrogen) atoms. The Hall–Kier alpha value is -1.28. The molecule has 0 saturated heterocycles. The molecule has 0 saturated carbocycles. The molecule has 1 aromatic rings. The average Bonchev–Trinajstić information content (AvgIpc) is 2.24.